The zero-order valence-electron chi connectivity index (χ0n) is 15.9. The van der Waals surface area contributed by atoms with Gasteiger partial charge in [-0.05, 0) is 36.4 Å². The van der Waals surface area contributed by atoms with Crippen LogP contribution < -0.4 is 15.5 Å². The van der Waals surface area contributed by atoms with Gasteiger partial charge in [0.1, 0.15) is 0 Å². The fourth-order valence-corrected chi connectivity index (χ4v) is 3.08. The molecule has 0 saturated carbocycles. The van der Waals surface area contributed by atoms with Crippen LogP contribution in [0.15, 0.2) is 60.8 Å². The molecule has 3 aromatic rings. The van der Waals surface area contributed by atoms with Crippen LogP contribution in [0.4, 0.5) is 17.2 Å². The third-order valence-electron chi connectivity index (χ3n) is 4.57. The second kappa shape index (κ2) is 9.11. The minimum Gasteiger partial charge on any atom is -0.378 e. The number of carbonyl (C=O) groups excluding carboxylic acids is 1. The number of carbonyl (C=O) groups is 1. The summed E-state index contributed by atoms with van der Waals surface area (Å²) in [6.45, 7) is 3.47. The predicted octanol–water partition coefficient (Wildman–Crippen LogP) is 2.38. The molecule has 1 aromatic carbocycles. The lowest BCUT2D eigenvalue weighted by atomic mass is 10.2. The minimum atomic E-state index is -0.289. The lowest BCUT2D eigenvalue weighted by molar-refractivity contribution is 0.0944. The summed E-state index contributed by atoms with van der Waals surface area (Å²) in [5, 5.41) is 14.3. The van der Waals surface area contributed by atoms with Gasteiger partial charge < -0.3 is 20.3 Å². The number of morpholine rings is 1. The Bertz CT molecular complexity index is 943. The van der Waals surface area contributed by atoms with E-state index in [0.717, 1.165) is 43.4 Å². The van der Waals surface area contributed by atoms with Crippen molar-refractivity contribution in [3.63, 3.8) is 0 Å². The van der Waals surface area contributed by atoms with E-state index in [1.807, 2.05) is 36.4 Å². The van der Waals surface area contributed by atoms with Crippen molar-refractivity contribution in [3.8, 4) is 0 Å². The first kappa shape index (κ1) is 18.8. The molecular formula is C21H22N6O2. The molecule has 8 nitrogen and oxygen atoms in total. The maximum absolute atomic E-state index is 12.3. The number of hydrogen-bond acceptors (Lipinski definition) is 7. The normalized spacial score (nSPS) is 13.7. The van der Waals surface area contributed by atoms with Gasteiger partial charge in [-0.25, -0.2) is 0 Å². The number of rotatable bonds is 6. The molecule has 0 bridgehead atoms. The second-order valence-corrected chi connectivity index (χ2v) is 6.55. The number of nitrogens with zero attached hydrogens (tertiary/aromatic N) is 4. The van der Waals surface area contributed by atoms with E-state index in [-0.39, 0.29) is 11.6 Å². The molecule has 8 heteroatoms. The molecule has 29 heavy (non-hydrogen) atoms. The number of benzene rings is 1. The lowest BCUT2D eigenvalue weighted by Crippen LogP contribution is -2.36. The molecule has 1 saturated heterocycles. The van der Waals surface area contributed by atoms with E-state index in [1.54, 1.807) is 18.3 Å². The van der Waals surface area contributed by atoms with Gasteiger partial charge >= 0.3 is 0 Å². The number of ether oxygens (including phenoxy) is 1. The van der Waals surface area contributed by atoms with Gasteiger partial charge in [0.05, 0.1) is 36.8 Å². The molecule has 148 valence electrons. The quantitative estimate of drug-likeness (QED) is 0.668. The summed E-state index contributed by atoms with van der Waals surface area (Å²) >= 11 is 0. The Hall–Kier alpha value is -3.52. The smallest absolute Gasteiger partial charge is 0.272 e. The van der Waals surface area contributed by atoms with E-state index in [2.05, 4.69) is 36.8 Å². The van der Waals surface area contributed by atoms with Crippen LogP contribution in [0.1, 0.15) is 16.2 Å². The Morgan fingerprint density at radius 3 is 2.59 bits per heavy atom. The van der Waals surface area contributed by atoms with Crippen molar-refractivity contribution in [2.45, 2.75) is 6.54 Å². The molecule has 2 N–H and O–H groups in total. The zero-order valence-corrected chi connectivity index (χ0v) is 15.9. The molecule has 0 aliphatic carbocycles. The number of nitrogens with one attached hydrogen (secondary N) is 2. The van der Waals surface area contributed by atoms with Crippen molar-refractivity contribution in [1.82, 2.24) is 20.5 Å². The van der Waals surface area contributed by atoms with Crippen LogP contribution in [0.5, 0.6) is 0 Å². The molecule has 1 amide bonds. The summed E-state index contributed by atoms with van der Waals surface area (Å²) in [6, 6.07) is 17.0. The molecule has 1 aliphatic rings. The highest BCUT2D eigenvalue weighted by atomic mass is 16.5. The van der Waals surface area contributed by atoms with Gasteiger partial charge in [0, 0.05) is 19.3 Å². The number of anilines is 3. The lowest BCUT2D eigenvalue weighted by Gasteiger charge is -2.30. The third-order valence-corrected chi connectivity index (χ3v) is 4.57. The average molecular weight is 390 g/mol. The summed E-state index contributed by atoms with van der Waals surface area (Å²) in [5.41, 5.74) is 3.07. The van der Waals surface area contributed by atoms with E-state index in [9.17, 15) is 4.79 Å². The summed E-state index contributed by atoms with van der Waals surface area (Å²) in [5.74, 6) is 0.287. The molecule has 0 radical (unpaired) electrons. The Kier molecular flexibility index (Phi) is 5.92. The second-order valence-electron chi connectivity index (χ2n) is 6.55. The van der Waals surface area contributed by atoms with Gasteiger partial charge in [0.15, 0.2) is 11.5 Å². The summed E-state index contributed by atoms with van der Waals surface area (Å²) in [4.78, 5) is 18.7. The van der Waals surface area contributed by atoms with Crippen LogP contribution >= 0.6 is 0 Å². The van der Waals surface area contributed by atoms with E-state index < -0.39 is 0 Å². The number of amides is 1. The van der Waals surface area contributed by atoms with Gasteiger partial charge in [-0.2, -0.15) is 0 Å². The standard InChI is InChI=1S/C21H22N6O2/c28-21(23-15-16-5-3-4-10-22-16)18-8-9-20(26-25-18)24-17-6-1-2-7-19(17)27-11-13-29-14-12-27/h1-10H,11-15H2,(H,23,28)(H,24,26). The highest BCUT2D eigenvalue weighted by Gasteiger charge is 2.15. The summed E-state index contributed by atoms with van der Waals surface area (Å²) in [7, 11) is 0. The van der Waals surface area contributed by atoms with Crippen LogP contribution in [-0.4, -0.2) is 47.4 Å². The zero-order chi connectivity index (χ0) is 19.9. The van der Waals surface area contributed by atoms with Crippen molar-refractivity contribution in [2.75, 3.05) is 36.5 Å². The first-order chi connectivity index (χ1) is 14.3. The predicted molar refractivity (Wildman–Crippen MR) is 110 cm³/mol. The molecule has 4 rings (SSSR count). The molecule has 2 aromatic heterocycles. The number of aromatic nitrogens is 3. The topological polar surface area (TPSA) is 92.3 Å². The van der Waals surface area contributed by atoms with E-state index in [1.165, 1.54) is 0 Å². The van der Waals surface area contributed by atoms with Crippen molar-refractivity contribution < 1.29 is 9.53 Å². The number of hydrogen-bond donors (Lipinski definition) is 2. The fourth-order valence-electron chi connectivity index (χ4n) is 3.08. The molecule has 1 fully saturated rings. The molecule has 0 spiro atoms. The van der Waals surface area contributed by atoms with Gasteiger partial charge in [0.2, 0.25) is 0 Å². The van der Waals surface area contributed by atoms with Gasteiger partial charge in [-0.1, -0.05) is 18.2 Å². The van der Waals surface area contributed by atoms with Gasteiger partial charge in [-0.15, -0.1) is 10.2 Å². The largest absolute Gasteiger partial charge is 0.378 e. The van der Waals surface area contributed by atoms with Crippen LogP contribution in [0, 0.1) is 0 Å². The monoisotopic (exact) mass is 390 g/mol. The maximum Gasteiger partial charge on any atom is 0.272 e. The Balaban J connectivity index is 1.40. The van der Waals surface area contributed by atoms with Crippen LogP contribution in [-0.2, 0) is 11.3 Å². The van der Waals surface area contributed by atoms with Gasteiger partial charge in [-0.3, -0.25) is 9.78 Å². The highest BCUT2D eigenvalue weighted by Crippen LogP contribution is 2.28. The highest BCUT2D eigenvalue weighted by molar-refractivity contribution is 5.92. The van der Waals surface area contributed by atoms with Crippen molar-refractivity contribution >= 4 is 23.1 Å². The maximum atomic E-state index is 12.3. The molecule has 1 aliphatic heterocycles. The first-order valence-corrected chi connectivity index (χ1v) is 9.50. The number of pyridine rings is 1. The molecule has 0 atom stereocenters. The fraction of sp³-hybridized carbons (Fsp3) is 0.238. The van der Waals surface area contributed by atoms with E-state index >= 15 is 0 Å². The van der Waals surface area contributed by atoms with Crippen molar-refractivity contribution in [3.05, 3.63) is 72.2 Å². The minimum absolute atomic E-state index is 0.257. The summed E-state index contributed by atoms with van der Waals surface area (Å²) in [6.07, 6.45) is 1.69. The van der Waals surface area contributed by atoms with E-state index in [4.69, 9.17) is 4.74 Å². The SMILES string of the molecule is O=C(NCc1ccccn1)c1ccc(Nc2ccccc2N2CCOCC2)nn1. The molecule has 3 heterocycles. The average Bonchev–Trinajstić information content (AvgIpc) is 2.80. The van der Waals surface area contributed by atoms with E-state index in [0.29, 0.717) is 12.4 Å². The number of para-hydroxylation sites is 2. The van der Waals surface area contributed by atoms with Crippen molar-refractivity contribution in [1.29, 1.82) is 0 Å². The Morgan fingerprint density at radius 1 is 1.00 bits per heavy atom. The van der Waals surface area contributed by atoms with Crippen LogP contribution in [0.25, 0.3) is 0 Å². The van der Waals surface area contributed by atoms with Crippen molar-refractivity contribution in [2.24, 2.45) is 0 Å². The Morgan fingerprint density at radius 2 is 1.83 bits per heavy atom. The Labute approximate surface area is 168 Å². The van der Waals surface area contributed by atoms with Gasteiger partial charge in [0.25, 0.3) is 5.91 Å². The summed E-state index contributed by atoms with van der Waals surface area (Å²) < 4.78 is 5.44. The molecular weight excluding hydrogens is 368 g/mol. The first-order valence-electron chi connectivity index (χ1n) is 9.50. The van der Waals surface area contributed by atoms with Crippen LogP contribution in [0.3, 0.4) is 0 Å². The van der Waals surface area contributed by atoms with Crippen LogP contribution in [0.2, 0.25) is 0 Å². The third kappa shape index (κ3) is 4.85. The molecule has 0 unspecified atom stereocenters.